The standard InChI is InChI=1S/C17H20F3N5O/c1-3-26-16-15(22-7-8-23-16)25-14(21)12(13(24-25)17(18,19)20)11-6-4-5-10(2)9-11/h7-10H,3-6,21H2,1-2H3. The molecule has 140 valence electrons. The summed E-state index contributed by atoms with van der Waals surface area (Å²) in [6, 6.07) is 0. The lowest BCUT2D eigenvalue weighted by molar-refractivity contribution is -0.141. The molecule has 3 rings (SSSR count). The van der Waals surface area contributed by atoms with Crippen molar-refractivity contribution in [1.29, 1.82) is 0 Å². The molecule has 26 heavy (non-hydrogen) atoms. The minimum Gasteiger partial charge on any atom is -0.475 e. The van der Waals surface area contributed by atoms with Crippen LogP contribution in [0.15, 0.2) is 18.5 Å². The highest BCUT2D eigenvalue weighted by Crippen LogP contribution is 2.42. The van der Waals surface area contributed by atoms with Crippen LogP contribution in [-0.2, 0) is 6.18 Å². The second kappa shape index (κ2) is 6.97. The summed E-state index contributed by atoms with van der Waals surface area (Å²) >= 11 is 0. The van der Waals surface area contributed by atoms with Crippen LogP contribution in [0, 0.1) is 5.92 Å². The quantitative estimate of drug-likeness (QED) is 0.888. The molecule has 0 bridgehead atoms. The number of nitrogens with two attached hydrogens (primary N) is 1. The van der Waals surface area contributed by atoms with Crippen molar-refractivity contribution in [3.8, 4) is 11.7 Å². The molecule has 2 aromatic heterocycles. The molecule has 0 saturated heterocycles. The van der Waals surface area contributed by atoms with E-state index in [1.807, 2.05) is 13.0 Å². The average Bonchev–Trinajstić information content (AvgIpc) is 2.93. The first-order valence-corrected chi connectivity index (χ1v) is 8.43. The number of allylic oxidation sites excluding steroid dienone is 2. The summed E-state index contributed by atoms with van der Waals surface area (Å²) in [5, 5.41) is 3.74. The van der Waals surface area contributed by atoms with Crippen LogP contribution in [0.2, 0.25) is 0 Å². The van der Waals surface area contributed by atoms with E-state index in [0.717, 1.165) is 17.5 Å². The van der Waals surface area contributed by atoms with Crippen molar-refractivity contribution >= 4 is 11.4 Å². The van der Waals surface area contributed by atoms with Gasteiger partial charge in [0.15, 0.2) is 5.69 Å². The van der Waals surface area contributed by atoms with Crippen LogP contribution in [0.3, 0.4) is 0 Å². The minimum atomic E-state index is -4.63. The molecule has 9 heteroatoms. The van der Waals surface area contributed by atoms with Crippen molar-refractivity contribution in [1.82, 2.24) is 19.7 Å². The van der Waals surface area contributed by atoms with Gasteiger partial charge in [0.2, 0.25) is 5.82 Å². The van der Waals surface area contributed by atoms with Gasteiger partial charge in [-0.05, 0) is 37.7 Å². The van der Waals surface area contributed by atoms with Crippen molar-refractivity contribution in [3.05, 3.63) is 29.7 Å². The lowest BCUT2D eigenvalue weighted by atomic mass is 9.88. The number of aromatic nitrogens is 4. The van der Waals surface area contributed by atoms with Crippen molar-refractivity contribution in [2.45, 2.75) is 39.3 Å². The Morgan fingerprint density at radius 2 is 2.04 bits per heavy atom. The van der Waals surface area contributed by atoms with E-state index >= 15 is 0 Å². The van der Waals surface area contributed by atoms with Gasteiger partial charge in [-0.2, -0.15) is 23.0 Å². The maximum absolute atomic E-state index is 13.6. The van der Waals surface area contributed by atoms with Crippen LogP contribution in [0.25, 0.3) is 11.4 Å². The molecule has 1 aliphatic rings. The Bertz CT molecular complexity index is 828. The van der Waals surface area contributed by atoms with Crippen LogP contribution in [0.5, 0.6) is 5.88 Å². The highest BCUT2D eigenvalue weighted by molar-refractivity contribution is 5.77. The summed E-state index contributed by atoms with van der Waals surface area (Å²) in [7, 11) is 0. The van der Waals surface area contributed by atoms with Crippen LogP contribution in [0.4, 0.5) is 19.0 Å². The molecule has 2 heterocycles. The van der Waals surface area contributed by atoms with Crippen molar-refractivity contribution in [3.63, 3.8) is 0 Å². The van der Waals surface area contributed by atoms with Gasteiger partial charge in [-0.25, -0.2) is 9.97 Å². The van der Waals surface area contributed by atoms with E-state index in [-0.39, 0.29) is 35.6 Å². The number of rotatable bonds is 4. The minimum absolute atomic E-state index is 0.0352. The van der Waals surface area contributed by atoms with Crippen LogP contribution >= 0.6 is 0 Å². The van der Waals surface area contributed by atoms with E-state index in [4.69, 9.17) is 10.5 Å². The topological polar surface area (TPSA) is 78.9 Å². The molecule has 1 aliphatic carbocycles. The first-order chi connectivity index (χ1) is 12.3. The van der Waals surface area contributed by atoms with Crippen LogP contribution in [-0.4, -0.2) is 26.4 Å². The van der Waals surface area contributed by atoms with Crippen molar-refractivity contribution < 1.29 is 17.9 Å². The maximum atomic E-state index is 13.6. The second-order valence-electron chi connectivity index (χ2n) is 6.20. The Morgan fingerprint density at radius 1 is 1.31 bits per heavy atom. The molecule has 0 fully saturated rings. The van der Waals surface area contributed by atoms with E-state index in [9.17, 15) is 13.2 Å². The Labute approximate surface area is 148 Å². The zero-order valence-corrected chi connectivity index (χ0v) is 14.5. The molecule has 6 nitrogen and oxygen atoms in total. The third-order valence-corrected chi connectivity index (χ3v) is 4.23. The normalized spacial score (nSPS) is 17.9. The second-order valence-corrected chi connectivity index (χ2v) is 6.20. The highest BCUT2D eigenvalue weighted by atomic mass is 19.4. The van der Waals surface area contributed by atoms with Gasteiger partial charge < -0.3 is 10.5 Å². The van der Waals surface area contributed by atoms with E-state index < -0.39 is 11.9 Å². The summed E-state index contributed by atoms with van der Waals surface area (Å²) in [6.45, 7) is 4.00. The zero-order valence-electron chi connectivity index (χ0n) is 14.5. The first kappa shape index (κ1) is 18.2. The lowest BCUT2D eigenvalue weighted by Gasteiger charge is -2.19. The molecule has 0 radical (unpaired) electrons. The summed E-state index contributed by atoms with van der Waals surface area (Å²) in [6.07, 6.45) is 2.24. The van der Waals surface area contributed by atoms with E-state index in [0.29, 0.717) is 12.0 Å². The highest BCUT2D eigenvalue weighted by Gasteiger charge is 2.40. The summed E-state index contributed by atoms with van der Waals surface area (Å²) < 4.78 is 47.2. The largest absolute Gasteiger partial charge is 0.475 e. The number of ether oxygens (including phenoxy) is 1. The van der Waals surface area contributed by atoms with E-state index in [1.165, 1.54) is 12.4 Å². The van der Waals surface area contributed by atoms with Gasteiger partial charge in [-0.1, -0.05) is 13.0 Å². The Morgan fingerprint density at radius 3 is 2.69 bits per heavy atom. The number of anilines is 1. The van der Waals surface area contributed by atoms with E-state index in [1.54, 1.807) is 6.92 Å². The van der Waals surface area contributed by atoms with Crippen LogP contribution in [0.1, 0.15) is 44.4 Å². The molecular formula is C17H20F3N5O. The fourth-order valence-electron chi connectivity index (χ4n) is 3.14. The SMILES string of the molecule is CCOc1nccnc1-n1nc(C(F)(F)F)c(C2=CC(C)CCC2)c1N. The predicted octanol–water partition coefficient (Wildman–Crippen LogP) is 3.87. The molecule has 0 aromatic carbocycles. The number of halogens is 3. The number of alkyl halides is 3. The van der Waals surface area contributed by atoms with E-state index in [2.05, 4.69) is 15.1 Å². The lowest BCUT2D eigenvalue weighted by Crippen LogP contribution is -2.11. The molecule has 0 amide bonds. The summed E-state index contributed by atoms with van der Waals surface area (Å²) in [5.74, 6) is 0.195. The van der Waals surface area contributed by atoms with Gasteiger partial charge >= 0.3 is 6.18 Å². The zero-order chi connectivity index (χ0) is 18.9. The Kier molecular flexibility index (Phi) is 4.88. The first-order valence-electron chi connectivity index (χ1n) is 8.43. The molecule has 2 aromatic rings. The summed E-state index contributed by atoms with van der Waals surface area (Å²) in [5.41, 5.74) is 5.60. The Balaban J connectivity index is 2.21. The molecule has 0 saturated carbocycles. The summed E-state index contributed by atoms with van der Waals surface area (Å²) in [4.78, 5) is 8.09. The number of nitrogen functional groups attached to an aromatic ring is 1. The van der Waals surface area contributed by atoms with Crippen LogP contribution < -0.4 is 10.5 Å². The monoisotopic (exact) mass is 367 g/mol. The number of hydrogen-bond acceptors (Lipinski definition) is 5. The van der Waals surface area contributed by atoms with Gasteiger partial charge in [0.1, 0.15) is 5.82 Å². The van der Waals surface area contributed by atoms with Gasteiger partial charge in [-0.15, -0.1) is 0 Å². The molecule has 2 N–H and O–H groups in total. The Hall–Kier alpha value is -2.58. The van der Waals surface area contributed by atoms with Gasteiger partial charge in [0.05, 0.1) is 12.2 Å². The predicted molar refractivity (Wildman–Crippen MR) is 90.7 cm³/mol. The molecule has 0 spiro atoms. The molecule has 1 unspecified atom stereocenters. The smallest absolute Gasteiger partial charge is 0.435 e. The maximum Gasteiger partial charge on any atom is 0.435 e. The number of hydrogen-bond donors (Lipinski definition) is 1. The third kappa shape index (κ3) is 3.38. The number of nitrogens with zero attached hydrogens (tertiary/aromatic N) is 4. The van der Waals surface area contributed by atoms with Gasteiger partial charge in [0.25, 0.3) is 5.88 Å². The fourth-order valence-corrected chi connectivity index (χ4v) is 3.14. The van der Waals surface area contributed by atoms with Gasteiger partial charge in [0, 0.05) is 12.4 Å². The molecule has 0 aliphatic heterocycles. The van der Waals surface area contributed by atoms with Gasteiger partial charge in [-0.3, -0.25) is 0 Å². The molecular weight excluding hydrogens is 347 g/mol. The van der Waals surface area contributed by atoms with Crippen molar-refractivity contribution in [2.75, 3.05) is 12.3 Å². The average molecular weight is 367 g/mol. The molecule has 1 atom stereocenters. The van der Waals surface area contributed by atoms with Crippen molar-refractivity contribution in [2.24, 2.45) is 5.92 Å². The fraction of sp³-hybridized carbons (Fsp3) is 0.471. The third-order valence-electron chi connectivity index (χ3n) is 4.23.